The van der Waals surface area contributed by atoms with E-state index in [-0.39, 0.29) is 17.9 Å². The first-order chi connectivity index (χ1) is 6.48. The van der Waals surface area contributed by atoms with Gasteiger partial charge in [0.25, 0.3) is 0 Å². The number of aliphatic hydroxyl groups excluding tert-OH is 1. The van der Waals surface area contributed by atoms with E-state index in [1.807, 2.05) is 19.9 Å². The summed E-state index contributed by atoms with van der Waals surface area (Å²) in [6, 6.07) is 0. The molecule has 4 atom stereocenters. The van der Waals surface area contributed by atoms with E-state index in [2.05, 4.69) is 6.58 Å². The number of carbonyl (C=O) groups is 1. The predicted molar refractivity (Wildman–Crippen MR) is 52.5 cm³/mol. The Morgan fingerprint density at radius 3 is 2.50 bits per heavy atom. The largest absolute Gasteiger partial charge is 0.392 e. The van der Waals surface area contributed by atoms with Gasteiger partial charge < -0.3 is 5.11 Å². The monoisotopic (exact) mass is 190 g/mol. The van der Waals surface area contributed by atoms with Gasteiger partial charge in [0.15, 0.2) is 5.78 Å². The van der Waals surface area contributed by atoms with Crippen molar-refractivity contribution in [3.63, 3.8) is 0 Å². The van der Waals surface area contributed by atoms with E-state index in [9.17, 15) is 9.90 Å². The van der Waals surface area contributed by atoms with Crippen LogP contribution in [0.3, 0.4) is 0 Å². The molecular weight excluding hydrogens is 176 g/mol. The average Bonchev–Trinajstić information content (AvgIpc) is 2.75. The van der Waals surface area contributed by atoms with Crippen molar-refractivity contribution < 1.29 is 9.90 Å². The van der Waals surface area contributed by atoms with Gasteiger partial charge in [-0.2, -0.15) is 0 Å². The molecule has 0 aromatic heterocycles. The van der Waals surface area contributed by atoms with Crippen LogP contribution in [0.5, 0.6) is 0 Å². The van der Waals surface area contributed by atoms with Crippen LogP contribution in [0, 0.1) is 22.7 Å². The van der Waals surface area contributed by atoms with Gasteiger partial charge in [0.2, 0.25) is 0 Å². The highest BCUT2D eigenvalue weighted by Gasteiger charge is 2.79. The maximum atomic E-state index is 12.1. The Hall–Kier alpha value is -0.890. The first-order valence-corrected chi connectivity index (χ1v) is 5.04. The Bertz CT molecular complexity index is 407. The molecule has 4 aliphatic carbocycles. The van der Waals surface area contributed by atoms with E-state index >= 15 is 0 Å². The number of hydrogen-bond donors (Lipinski definition) is 1. The zero-order valence-corrected chi connectivity index (χ0v) is 8.50. The van der Waals surface area contributed by atoms with Crippen LogP contribution >= 0.6 is 0 Å². The topological polar surface area (TPSA) is 37.3 Å². The molecule has 2 nitrogen and oxygen atoms in total. The maximum absolute atomic E-state index is 12.1. The second-order valence-corrected chi connectivity index (χ2v) is 5.17. The second kappa shape index (κ2) is 1.89. The third-order valence-corrected chi connectivity index (χ3v) is 4.58. The third kappa shape index (κ3) is 0.534. The summed E-state index contributed by atoms with van der Waals surface area (Å²) >= 11 is 0. The molecule has 74 valence electrons. The van der Waals surface area contributed by atoms with Crippen molar-refractivity contribution in [1.82, 2.24) is 0 Å². The summed E-state index contributed by atoms with van der Waals surface area (Å²) in [7, 11) is 0. The number of rotatable bonds is 1. The molecule has 0 heterocycles. The molecule has 4 rings (SSSR count). The predicted octanol–water partition coefficient (Wildman–Crippen LogP) is 1.32. The number of carbonyl (C=O) groups excluding carboxylic acids is 1. The molecule has 0 aromatic rings. The third-order valence-electron chi connectivity index (χ3n) is 4.58. The number of Topliss-reactive ketones (excluding diaryl/α,β-unsaturated/α-hetero) is 1. The van der Waals surface area contributed by atoms with Gasteiger partial charge in [-0.15, -0.1) is 0 Å². The van der Waals surface area contributed by atoms with Crippen molar-refractivity contribution >= 4 is 5.78 Å². The van der Waals surface area contributed by atoms with Crippen LogP contribution in [0.1, 0.15) is 13.8 Å². The van der Waals surface area contributed by atoms with Crippen molar-refractivity contribution in [2.45, 2.75) is 13.8 Å². The first kappa shape index (κ1) is 8.42. The van der Waals surface area contributed by atoms with Gasteiger partial charge in [0, 0.05) is 17.3 Å². The molecule has 0 spiro atoms. The normalized spacial score (nSPS) is 53.5. The average molecular weight is 190 g/mol. The van der Waals surface area contributed by atoms with Crippen LogP contribution in [0.25, 0.3) is 0 Å². The molecular formula is C12H14O2. The van der Waals surface area contributed by atoms with Crippen molar-refractivity contribution in [2.75, 3.05) is 6.61 Å². The van der Waals surface area contributed by atoms with E-state index in [0.29, 0.717) is 11.7 Å². The second-order valence-electron chi connectivity index (χ2n) is 5.17. The van der Waals surface area contributed by atoms with Gasteiger partial charge in [-0.1, -0.05) is 25.2 Å². The molecule has 2 saturated carbocycles. The Kier molecular flexibility index (Phi) is 1.14. The van der Waals surface area contributed by atoms with E-state index < -0.39 is 5.41 Å². The standard InChI is InChI=1S/C12H14O2/c1-6-8-9-7(5-13)4-11(6,2)10(14)12(8,9)3/h4,8-9,13H,1,5H2,2-3H3. The van der Waals surface area contributed by atoms with Gasteiger partial charge in [-0.3, -0.25) is 4.79 Å². The van der Waals surface area contributed by atoms with E-state index in [4.69, 9.17) is 0 Å². The van der Waals surface area contributed by atoms with Crippen LogP contribution in [-0.2, 0) is 4.79 Å². The van der Waals surface area contributed by atoms with Crippen LogP contribution < -0.4 is 0 Å². The van der Waals surface area contributed by atoms with E-state index in [1.165, 1.54) is 0 Å². The maximum Gasteiger partial charge on any atom is 0.153 e. The fourth-order valence-corrected chi connectivity index (χ4v) is 3.75. The molecule has 4 unspecified atom stereocenters. The molecule has 4 bridgehead atoms. The summed E-state index contributed by atoms with van der Waals surface area (Å²) in [6.45, 7) is 8.09. The highest BCUT2D eigenvalue weighted by atomic mass is 16.3. The highest BCUT2D eigenvalue weighted by molar-refractivity contribution is 6.04. The Morgan fingerprint density at radius 2 is 2.14 bits per heavy atom. The number of allylic oxidation sites excluding steroid dienone is 2. The highest BCUT2D eigenvalue weighted by Crippen LogP contribution is 2.78. The van der Waals surface area contributed by atoms with Crippen LogP contribution in [0.15, 0.2) is 23.8 Å². The molecule has 2 heteroatoms. The van der Waals surface area contributed by atoms with Crippen molar-refractivity contribution in [2.24, 2.45) is 22.7 Å². The van der Waals surface area contributed by atoms with Crippen molar-refractivity contribution in [1.29, 1.82) is 0 Å². The van der Waals surface area contributed by atoms with E-state index in [1.54, 1.807) is 0 Å². The summed E-state index contributed by atoms with van der Waals surface area (Å²) in [5, 5.41) is 9.22. The summed E-state index contributed by atoms with van der Waals surface area (Å²) in [5.74, 6) is 0.878. The summed E-state index contributed by atoms with van der Waals surface area (Å²) in [5.41, 5.74) is 1.41. The van der Waals surface area contributed by atoms with Crippen molar-refractivity contribution in [3.05, 3.63) is 23.8 Å². The zero-order chi connectivity index (χ0) is 10.3. The summed E-state index contributed by atoms with van der Waals surface area (Å²) in [4.78, 5) is 12.1. The van der Waals surface area contributed by atoms with Crippen LogP contribution in [0.4, 0.5) is 0 Å². The Labute approximate surface area is 83.3 Å². The first-order valence-electron chi connectivity index (χ1n) is 5.04. The molecule has 14 heavy (non-hydrogen) atoms. The molecule has 0 radical (unpaired) electrons. The zero-order valence-electron chi connectivity index (χ0n) is 8.50. The molecule has 2 fully saturated rings. The SMILES string of the molecule is C=C1C2C3C(CO)=CC1(C)C(=O)C23C. The lowest BCUT2D eigenvalue weighted by Crippen LogP contribution is -2.35. The summed E-state index contributed by atoms with van der Waals surface area (Å²) in [6.07, 6.45) is 1.94. The van der Waals surface area contributed by atoms with Gasteiger partial charge in [0.05, 0.1) is 12.0 Å². The lowest BCUT2D eigenvalue weighted by atomic mass is 9.69. The smallest absolute Gasteiger partial charge is 0.153 e. The minimum atomic E-state index is -0.480. The molecule has 4 aliphatic rings. The van der Waals surface area contributed by atoms with Gasteiger partial charge >= 0.3 is 0 Å². The molecule has 0 amide bonds. The van der Waals surface area contributed by atoms with Crippen LogP contribution in [0.2, 0.25) is 0 Å². The lowest BCUT2D eigenvalue weighted by Gasteiger charge is -2.32. The number of hydrogen-bond acceptors (Lipinski definition) is 2. The minimum absolute atomic E-state index is 0.0902. The van der Waals surface area contributed by atoms with Crippen molar-refractivity contribution in [3.8, 4) is 0 Å². The Morgan fingerprint density at radius 1 is 1.50 bits per heavy atom. The number of ketones is 1. The number of aliphatic hydroxyl groups is 1. The van der Waals surface area contributed by atoms with E-state index in [0.717, 1.165) is 11.1 Å². The molecule has 0 saturated heterocycles. The fourth-order valence-electron chi connectivity index (χ4n) is 3.75. The fraction of sp³-hybridized carbons (Fsp3) is 0.583. The quantitative estimate of drug-likeness (QED) is 0.633. The molecule has 0 aliphatic heterocycles. The Balaban J connectivity index is 2.25. The summed E-state index contributed by atoms with van der Waals surface area (Å²) < 4.78 is 0. The van der Waals surface area contributed by atoms with Gasteiger partial charge in [-0.25, -0.2) is 0 Å². The van der Waals surface area contributed by atoms with Gasteiger partial charge in [-0.05, 0) is 12.5 Å². The lowest BCUT2D eigenvalue weighted by molar-refractivity contribution is -0.128. The molecule has 0 aromatic carbocycles. The van der Waals surface area contributed by atoms with Gasteiger partial charge in [0.1, 0.15) is 0 Å². The minimum Gasteiger partial charge on any atom is -0.392 e. The molecule has 1 N–H and O–H groups in total. The van der Waals surface area contributed by atoms with Crippen LogP contribution in [-0.4, -0.2) is 17.5 Å².